The Morgan fingerprint density at radius 1 is 1.50 bits per heavy atom. The van der Waals surface area contributed by atoms with Crippen LogP contribution in [0, 0.1) is 5.92 Å². The summed E-state index contributed by atoms with van der Waals surface area (Å²) in [4.78, 5) is 10.7. The lowest BCUT2D eigenvalue weighted by Gasteiger charge is -2.12. The molecule has 1 fully saturated rings. The molecule has 0 aromatic heterocycles. The number of rotatable bonds is 5. The van der Waals surface area contributed by atoms with E-state index in [-0.39, 0.29) is 0 Å². The van der Waals surface area contributed by atoms with Crippen LogP contribution in [0.2, 0.25) is 5.02 Å². The van der Waals surface area contributed by atoms with Crippen molar-refractivity contribution in [2.75, 3.05) is 13.7 Å². The van der Waals surface area contributed by atoms with Crippen LogP contribution in [0.5, 0.6) is 11.5 Å². The number of aldehydes is 1. The summed E-state index contributed by atoms with van der Waals surface area (Å²) in [6.45, 7) is 0.662. The first-order valence-electron chi connectivity index (χ1n) is 5.20. The summed E-state index contributed by atoms with van der Waals surface area (Å²) in [6, 6.07) is 3.22. The molecule has 0 bridgehead atoms. The van der Waals surface area contributed by atoms with Crippen molar-refractivity contribution >= 4 is 17.9 Å². The Morgan fingerprint density at radius 3 is 2.81 bits per heavy atom. The fraction of sp³-hybridized carbons (Fsp3) is 0.417. The molecule has 0 radical (unpaired) electrons. The monoisotopic (exact) mass is 240 g/mol. The molecule has 16 heavy (non-hydrogen) atoms. The summed E-state index contributed by atoms with van der Waals surface area (Å²) in [7, 11) is 1.53. The van der Waals surface area contributed by atoms with Crippen molar-refractivity contribution in [3.8, 4) is 11.5 Å². The normalized spacial score (nSPS) is 14.6. The highest BCUT2D eigenvalue weighted by Gasteiger charge is 2.23. The summed E-state index contributed by atoms with van der Waals surface area (Å²) < 4.78 is 10.8. The highest BCUT2D eigenvalue weighted by molar-refractivity contribution is 6.32. The van der Waals surface area contributed by atoms with Crippen LogP contribution in [-0.2, 0) is 0 Å². The molecule has 4 heteroatoms. The molecular formula is C12H13ClO3. The summed E-state index contributed by atoms with van der Waals surface area (Å²) in [5.74, 6) is 1.68. The first kappa shape index (κ1) is 11.3. The van der Waals surface area contributed by atoms with E-state index in [1.54, 1.807) is 12.1 Å². The Hall–Kier alpha value is -1.22. The Morgan fingerprint density at radius 2 is 2.25 bits per heavy atom. The summed E-state index contributed by atoms with van der Waals surface area (Å²) >= 11 is 5.98. The molecule has 2 rings (SSSR count). The third kappa shape index (κ3) is 2.47. The second-order valence-corrected chi connectivity index (χ2v) is 4.31. The second-order valence-electron chi connectivity index (χ2n) is 3.91. The molecule has 0 spiro atoms. The SMILES string of the molecule is COc1c(Cl)cc(C=O)cc1OCC1CC1. The maximum atomic E-state index is 10.7. The minimum absolute atomic E-state index is 0.401. The molecule has 0 atom stereocenters. The van der Waals surface area contributed by atoms with E-state index in [0.29, 0.717) is 34.6 Å². The molecule has 1 saturated carbocycles. The molecule has 1 aliphatic carbocycles. The van der Waals surface area contributed by atoms with Gasteiger partial charge in [-0.2, -0.15) is 0 Å². The van der Waals surface area contributed by atoms with Gasteiger partial charge in [0.2, 0.25) is 0 Å². The topological polar surface area (TPSA) is 35.5 Å². The quantitative estimate of drug-likeness (QED) is 0.743. The van der Waals surface area contributed by atoms with Crippen LogP contribution in [0.15, 0.2) is 12.1 Å². The van der Waals surface area contributed by atoms with E-state index >= 15 is 0 Å². The molecule has 1 aromatic rings. The number of benzene rings is 1. The number of carbonyl (C=O) groups excluding carboxylic acids is 1. The smallest absolute Gasteiger partial charge is 0.179 e. The Bertz CT molecular complexity index is 399. The number of ether oxygens (including phenoxy) is 2. The van der Waals surface area contributed by atoms with Gasteiger partial charge in [-0.25, -0.2) is 0 Å². The van der Waals surface area contributed by atoms with Gasteiger partial charge in [0.25, 0.3) is 0 Å². The molecule has 86 valence electrons. The van der Waals surface area contributed by atoms with Crippen molar-refractivity contribution in [2.24, 2.45) is 5.92 Å². The number of carbonyl (C=O) groups is 1. The first-order chi connectivity index (χ1) is 7.74. The summed E-state index contributed by atoms with van der Waals surface area (Å²) in [5, 5.41) is 0.401. The van der Waals surface area contributed by atoms with E-state index in [4.69, 9.17) is 21.1 Å². The van der Waals surface area contributed by atoms with Gasteiger partial charge >= 0.3 is 0 Å². The lowest BCUT2D eigenvalue weighted by molar-refractivity contribution is 0.112. The third-order valence-electron chi connectivity index (χ3n) is 2.54. The van der Waals surface area contributed by atoms with Gasteiger partial charge in [0.15, 0.2) is 11.5 Å². The Balaban J connectivity index is 2.23. The molecule has 0 heterocycles. The highest BCUT2D eigenvalue weighted by atomic mass is 35.5. The largest absolute Gasteiger partial charge is 0.491 e. The van der Waals surface area contributed by atoms with Gasteiger partial charge in [0.1, 0.15) is 6.29 Å². The molecule has 0 N–H and O–H groups in total. The van der Waals surface area contributed by atoms with Crippen LogP contribution in [0.3, 0.4) is 0 Å². The Labute approximate surface area is 99.3 Å². The van der Waals surface area contributed by atoms with Gasteiger partial charge in [0, 0.05) is 5.56 Å². The van der Waals surface area contributed by atoms with Gasteiger partial charge < -0.3 is 9.47 Å². The van der Waals surface area contributed by atoms with Crippen LogP contribution in [0.1, 0.15) is 23.2 Å². The maximum Gasteiger partial charge on any atom is 0.179 e. The number of hydrogen-bond acceptors (Lipinski definition) is 3. The fourth-order valence-electron chi connectivity index (χ4n) is 1.45. The van der Waals surface area contributed by atoms with E-state index in [1.165, 1.54) is 20.0 Å². The van der Waals surface area contributed by atoms with E-state index in [0.717, 1.165) is 6.29 Å². The lowest BCUT2D eigenvalue weighted by Crippen LogP contribution is -2.02. The molecule has 0 saturated heterocycles. The van der Waals surface area contributed by atoms with Crippen molar-refractivity contribution in [1.29, 1.82) is 0 Å². The number of hydrogen-bond donors (Lipinski definition) is 0. The van der Waals surface area contributed by atoms with Crippen molar-refractivity contribution in [3.63, 3.8) is 0 Å². The molecule has 0 unspecified atom stereocenters. The van der Waals surface area contributed by atoms with Gasteiger partial charge in [-0.05, 0) is 30.9 Å². The maximum absolute atomic E-state index is 10.7. The van der Waals surface area contributed by atoms with Crippen LogP contribution >= 0.6 is 11.6 Å². The van der Waals surface area contributed by atoms with Gasteiger partial charge in [-0.3, -0.25) is 4.79 Å². The average Bonchev–Trinajstić information content (AvgIpc) is 3.09. The van der Waals surface area contributed by atoms with Crippen LogP contribution in [0.25, 0.3) is 0 Å². The van der Waals surface area contributed by atoms with E-state index in [2.05, 4.69) is 0 Å². The number of methoxy groups -OCH3 is 1. The first-order valence-corrected chi connectivity index (χ1v) is 5.58. The van der Waals surface area contributed by atoms with Crippen LogP contribution in [0.4, 0.5) is 0 Å². The predicted molar refractivity (Wildman–Crippen MR) is 61.6 cm³/mol. The minimum atomic E-state index is 0.401. The van der Waals surface area contributed by atoms with Gasteiger partial charge in [-0.1, -0.05) is 11.6 Å². The molecule has 1 aromatic carbocycles. The standard InChI is InChI=1S/C12H13ClO3/c1-15-12-10(13)4-9(6-14)5-11(12)16-7-8-2-3-8/h4-6,8H,2-3,7H2,1H3. The predicted octanol–water partition coefficient (Wildman–Crippen LogP) is 2.95. The molecule has 1 aliphatic rings. The van der Waals surface area contributed by atoms with Gasteiger partial charge in [0.05, 0.1) is 18.7 Å². The van der Waals surface area contributed by atoms with E-state index in [9.17, 15) is 4.79 Å². The zero-order chi connectivity index (χ0) is 11.5. The summed E-state index contributed by atoms with van der Waals surface area (Å²) in [6.07, 6.45) is 3.17. The van der Waals surface area contributed by atoms with Crippen molar-refractivity contribution in [2.45, 2.75) is 12.8 Å². The number of halogens is 1. The zero-order valence-corrected chi connectivity index (χ0v) is 9.79. The molecular weight excluding hydrogens is 228 g/mol. The fourth-order valence-corrected chi connectivity index (χ4v) is 1.75. The van der Waals surface area contributed by atoms with E-state index < -0.39 is 0 Å². The highest BCUT2D eigenvalue weighted by Crippen LogP contribution is 2.37. The average molecular weight is 241 g/mol. The van der Waals surface area contributed by atoms with E-state index in [1.807, 2.05) is 0 Å². The van der Waals surface area contributed by atoms with Gasteiger partial charge in [-0.15, -0.1) is 0 Å². The Kier molecular flexibility index (Phi) is 3.34. The minimum Gasteiger partial charge on any atom is -0.491 e. The van der Waals surface area contributed by atoms with Crippen molar-refractivity contribution in [3.05, 3.63) is 22.7 Å². The molecule has 0 aliphatic heterocycles. The second kappa shape index (κ2) is 4.74. The lowest BCUT2D eigenvalue weighted by atomic mass is 10.2. The third-order valence-corrected chi connectivity index (χ3v) is 2.82. The molecule has 0 amide bonds. The van der Waals surface area contributed by atoms with Crippen molar-refractivity contribution in [1.82, 2.24) is 0 Å². The van der Waals surface area contributed by atoms with Crippen molar-refractivity contribution < 1.29 is 14.3 Å². The zero-order valence-electron chi connectivity index (χ0n) is 9.03. The van der Waals surface area contributed by atoms with Crippen LogP contribution < -0.4 is 9.47 Å². The van der Waals surface area contributed by atoms with Crippen LogP contribution in [-0.4, -0.2) is 20.0 Å². The molecule has 3 nitrogen and oxygen atoms in total. The summed E-state index contributed by atoms with van der Waals surface area (Å²) in [5.41, 5.74) is 0.497.